The number of hydrogen-bond acceptors (Lipinski definition) is 4. The number of para-hydroxylation sites is 1. The molecule has 0 aliphatic carbocycles. The van der Waals surface area contributed by atoms with Crippen molar-refractivity contribution in [2.24, 2.45) is 0 Å². The van der Waals surface area contributed by atoms with Crippen LogP contribution in [0.1, 0.15) is 67.7 Å². The van der Waals surface area contributed by atoms with E-state index in [1.165, 1.54) is 16.9 Å². The largest absolute Gasteiger partial charge is 0.372 e. The fourth-order valence-electron chi connectivity index (χ4n) is 3.46. The van der Waals surface area contributed by atoms with E-state index < -0.39 is 0 Å². The minimum atomic E-state index is -0.0769. The van der Waals surface area contributed by atoms with Crippen LogP contribution in [0, 0.1) is 0 Å². The summed E-state index contributed by atoms with van der Waals surface area (Å²) in [5, 5.41) is 2.71. The fourth-order valence-corrected chi connectivity index (χ4v) is 4.26. The summed E-state index contributed by atoms with van der Waals surface area (Å²) in [6.45, 7) is 9.81. The van der Waals surface area contributed by atoms with E-state index in [1.807, 2.05) is 30.2 Å². The molecule has 0 bridgehead atoms. The lowest BCUT2D eigenvalue weighted by Gasteiger charge is -2.27. The molecule has 1 aliphatic rings. The van der Waals surface area contributed by atoms with Gasteiger partial charge in [-0.25, -0.2) is 4.98 Å². The molecule has 0 radical (unpaired) electrons. The topological polar surface area (TPSA) is 42.4 Å². The number of aromatic nitrogens is 1. The molecule has 4 nitrogen and oxygen atoms in total. The highest BCUT2D eigenvalue weighted by Crippen LogP contribution is 2.39. The van der Waals surface area contributed by atoms with Gasteiger partial charge in [-0.15, -0.1) is 11.3 Å². The summed E-state index contributed by atoms with van der Waals surface area (Å²) in [5.74, 6) is -0.0173. The molecule has 2 aromatic rings. The lowest BCUT2D eigenvalue weighted by molar-refractivity contribution is 0.0760. The number of rotatable bonds is 4. The Morgan fingerprint density at radius 2 is 2.16 bits per heavy atom. The highest BCUT2D eigenvalue weighted by atomic mass is 32.1. The van der Waals surface area contributed by atoms with E-state index in [9.17, 15) is 4.79 Å². The van der Waals surface area contributed by atoms with E-state index in [0.29, 0.717) is 12.3 Å². The maximum atomic E-state index is 13.1. The van der Waals surface area contributed by atoms with Gasteiger partial charge in [-0.05, 0) is 43.7 Å². The zero-order valence-corrected chi connectivity index (χ0v) is 16.2. The summed E-state index contributed by atoms with van der Waals surface area (Å²) in [5.41, 5.74) is 2.84. The Balaban J connectivity index is 1.92. The summed E-state index contributed by atoms with van der Waals surface area (Å²) in [6.07, 6.45) is 1.98. The number of hydrogen-bond donors (Lipinski definition) is 0. The van der Waals surface area contributed by atoms with E-state index in [1.54, 1.807) is 0 Å². The lowest BCUT2D eigenvalue weighted by Crippen LogP contribution is -2.32. The molecule has 5 heteroatoms. The molecule has 1 atom stereocenters. The third-order valence-corrected chi connectivity index (χ3v) is 5.86. The molecular formula is C20H26N2O2S. The molecule has 0 spiro atoms. The van der Waals surface area contributed by atoms with Crippen molar-refractivity contribution in [1.29, 1.82) is 0 Å². The quantitative estimate of drug-likeness (QED) is 0.776. The van der Waals surface area contributed by atoms with Gasteiger partial charge < -0.3 is 9.64 Å². The van der Waals surface area contributed by atoms with Crippen molar-refractivity contribution in [1.82, 2.24) is 4.98 Å². The average Bonchev–Trinajstić information content (AvgIpc) is 3.04. The first kappa shape index (κ1) is 18.1. The Morgan fingerprint density at radius 3 is 2.92 bits per heavy atom. The second-order valence-corrected chi connectivity index (χ2v) is 8.02. The third kappa shape index (κ3) is 3.62. The Bertz CT molecular complexity index is 754. The Morgan fingerprint density at radius 1 is 1.40 bits per heavy atom. The molecule has 0 unspecified atom stereocenters. The van der Waals surface area contributed by atoms with Gasteiger partial charge in [-0.2, -0.15) is 0 Å². The molecule has 0 saturated heterocycles. The minimum Gasteiger partial charge on any atom is -0.372 e. The summed E-state index contributed by atoms with van der Waals surface area (Å²) < 4.78 is 5.59. The summed E-state index contributed by atoms with van der Waals surface area (Å²) in [7, 11) is 0. The summed E-state index contributed by atoms with van der Waals surface area (Å²) in [4.78, 5) is 19.6. The monoisotopic (exact) mass is 358 g/mol. The number of ether oxygens (including phenoxy) is 1. The molecule has 0 N–H and O–H groups in total. The number of carbonyl (C=O) groups excluding carboxylic acids is 1. The third-order valence-electron chi connectivity index (χ3n) is 4.86. The predicted molar refractivity (Wildman–Crippen MR) is 103 cm³/mol. The van der Waals surface area contributed by atoms with E-state index in [0.717, 1.165) is 30.1 Å². The van der Waals surface area contributed by atoms with Crippen LogP contribution in [0.4, 0.5) is 5.69 Å². The van der Waals surface area contributed by atoms with Crippen molar-refractivity contribution in [3.8, 4) is 0 Å². The lowest BCUT2D eigenvalue weighted by atomic mass is 9.80. The second-order valence-electron chi connectivity index (χ2n) is 7.13. The smallest absolute Gasteiger partial charge is 0.277 e. The molecule has 0 saturated carbocycles. The minimum absolute atomic E-state index is 0.0173. The molecule has 2 heterocycles. The number of carbonyl (C=O) groups is 1. The Labute approximate surface area is 153 Å². The number of thiazole rings is 1. The van der Waals surface area contributed by atoms with Crippen LogP contribution in [0.3, 0.4) is 0 Å². The molecule has 0 fully saturated rings. The number of nitrogens with zero attached hydrogens (tertiary/aromatic N) is 2. The van der Waals surface area contributed by atoms with Crippen LogP contribution in [0.25, 0.3) is 0 Å². The molecular weight excluding hydrogens is 332 g/mol. The van der Waals surface area contributed by atoms with E-state index in [2.05, 4.69) is 37.0 Å². The predicted octanol–water partition coefficient (Wildman–Crippen LogP) is 4.96. The number of amides is 1. The van der Waals surface area contributed by atoms with Crippen molar-refractivity contribution in [2.45, 2.75) is 52.1 Å². The maximum Gasteiger partial charge on any atom is 0.277 e. The van der Waals surface area contributed by atoms with Gasteiger partial charge in [0.05, 0.1) is 0 Å². The van der Waals surface area contributed by atoms with Gasteiger partial charge in [-0.3, -0.25) is 4.79 Å². The highest BCUT2D eigenvalue weighted by molar-refractivity contribution is 7.09. The van der Waals surface area contributed by atoms with Gasteiger partial charge in [0.2, 0.25) is 0 Å². The summed E-state index contributed by atoms with van der Waals surface area (Å²) >= 11 is 1.49. The van der Waals surface area contributed by atoms with Crippen LogP contribution in [0.15, 0.2) is 29.6 Å². The van der Waals surface area contributed by atoms with Gasteiger partial charge >= 0.3 is 0 Å². The van der Waals surface area contributed by atoms with Crippen LogP contribution in [0.5, 0.6) is 0 Å². The zero-order chi connectivity index (χ0) is 18.0. The van der Waals surface area contributed by atoms with Crippen LogP contribution < -0.4 is 4.90 Å². The molecule has 25 heavy (non-hydrogen) atoms. The first-order valence-corrected chi connectivity index (χ1v) is 9.80. The van der Waals surface area contributed by atoms with Gasteiger partial charge in [0.25, 0.3) is 5.91 Å². The highest BCUT2D eigenvalue weighted by Gasteiger charge is 2.32. The van der Waals surface area contributed by atoms with Crippen molar-refractivity contribution < 1.29 is 9.53 Å². The number of benzene rings is 1. The average molecular weight is 359 g/mol. The molecule has 3 rings (SSSR count). The van der Waals surface area contributed by atoms with Crippen molar-refractivity contribution >= 4 is 22.9 Å². The Kier molecular flexibility index (Phi) is 5.25. The molecule has 134 valence electrons. The van der Waals surface area contributed by atoms with Crippen LogP contribution in [-0.4, -0.2) is 24.0 Å². The van der Waals surface area contributed by atoms with Gasteiger partial charge in [0, 0.05) is 24.2 Å². The number of fused-ring (bicyclic) bond motifs is 1. The standard InChI is InChI=1S/C20H26N2O2S/c1-5-24-14(2)18-21-16(13-25-18)19(23)22-12-8-11-20(3,4)15-9-6-7-10-17(15)22/h6-7,9-10,13-14H,5,8,11-12H2,1-4H3/t14-/m1/s1. The second kappa shape index (κ2) is 7.26. The first-order valence-electron chi connectivity index (χ1n) is 8.92. The molecule has 1 aromatic heterocycles. The zero-order valence-electron chi connectivity index (χ0n) is 15.4. The summed E-state index contributed by atoms with van der Waals surface area (Å²) in [6, 6.07) is 8.25. The van der Waals surface area contributed by atoms with Crippen LogP contribution in [-0.2, 0) is 10.2 Å². The Hall–Kier alpha value is -1.72. The van der Waals surface area contributed by atoms with Gasteiger partial charge in [0.1, 0.15) is 16.8 Å². The first-order chi connectivity index (χ1) is 11.9. The maximum absolute atomic E-state index is 13.1. The van der Waals surface area contributed by atoms with E-state index in [-0.39, 0.29) is 17.4 Å². The van der Waals surface area contributed by atoms with Crippen LogP contribution in [0.2, 0.25) is 0 Å². The van der Waals surface area contributed by atoms with E-state index in [4.69, 9.17) is 4.74 Å². The van der Waals surface area contributed by atoms with Crippen LogP contribution >= 0.6 is 11.3 Å². The molecule has 1 aliphatic heterocycles. The normalized spacial score (nSPS) is 17.7. The van der Waals surface area contributed by atoms with Gasteiger partial charge in [0.15, 0.2) is 0 Å². The van der Waals surface area contributed by atoms with Crippen molar-refractivity contribution in [2.75, 3.05) is 18.1 Å². The molecule has 1 aromatic carbocycles. The van der Waals surface area contributed by atoms with E-state index >= 15 is 0 Å². The molecule has 1 amide bonds. The SMILES string of the molecule is CCO[C@H](C)c1nc(C(=O)N2CCCC(C)(C)c3ccccc32)cs1. The van der Waals surface area contributed by atoms with Crippen molar-refractivity contribution in [3.05, 3.63) is 45.9 Å². The number of anilines is 1. The fraction of sp³-hybridized carbons (Fsp3) is 0.500. The van der Waals surface area contributed by atoms with Gasteiger partial charge in [-0.1, -0.05) is 32.0 Å². The van der Waals surface area contributed by atoms with Crippen molar-refractivity contribution in [3.63, 3.8) is 0 Å².